The molecule has 3 nitrogen and oxygen atoms in total. The maximum absolute atomic E-state index is 13.4. The molecule has 1 saturated heterocycles. The molecule has 19 heavy (non-hydrogen) atoms. The molecule has 2 unspecified atom stereocenters. The minimum Gasteiger partial charge on any atom is -0.339 e. The average Bonchev–Trinajstić information content (AvgIpc) is 2.77. The summed E-state index contributed by atoms with van der Waals surface area (Å²) in [6, 6.07) is 5.39. The fraction of sp³-hybridized carbons (Fsp3) is 0.533. The van der Waals surface area contributed by atoms with Crippen LogP contribution < -0.4 is 5.73 Å². The van der Waals surface area contributed by atoms with Gasteiger partial charge in [-0.1, -0.05) is 12.1 Å². The Morgan fingerprint density at radius 2 is 2.26 bits per heavy atom. The van der Waals surface area contributed by atoms with Gasteiger partial charge in [-0.15, -0.1) is 0 Å². The Morgan fingerprint density at radius 3 is 2.84 bits per heavy atom. The lowest BCUT2D eigenvalue weighted by Gasteiger charge is -2.27. The standard InChI is InChI=1S/C15H21FN2O/c1-10-9-12(3-4-14(10)16)13-6-8-18(11(2)19)15(13)5-7-17/h3-4,9,13,15H,5-8,17H2,1-2H3. The molecule has 2 atom stereocenters. The smallest absolute Gasteiger partial charge is 0.219 e. The third-order valence-electron chi connectivity index (χ3n) is 4.02. The largest absolute Gasteiger partial charge is 0.339 e. The molecule has 1 aromatic rings. The van der Waals surface area contributed by atoms with E-state index >= 15 is 0 Å². The van der Waals surface area contributed by atoms with Crippen LogP contribution in [0.25, 0.3) is 0 Å². The Morgan fingerprint density at radius 1 is 1.53 bits per heavy atom. The van der Waals surface area contributed by atoms with Gasteiger partial charge in [0, 0.05) is 25.4 Å². The molecule has 0 radical (unpaired) electrons. The van der Waals surface area contributed by atoms with E-state index in [4.69, 9.17) is 5.73 Å². The van der Waals surface area contributed by atoms with E-state index in [9.17, 15) is 9.18 Å². The molecule has 104 valence electrons. The van der Waals surface area contributed by atoms with Gasteiger partial charge in [-0.3, -0.25) is 4.79 Å². The highest BCUT2D eigenvalue weighted by atomic mass is 19.1. The van der Waals surface area contributed by atoms with Gasteiger partial charge in [0.2, 0.25) is 5.91 Å². The quantitative estimate of drug-likeness (QED) is 0.909. The van der Waals surface area contributed by atoms with E-state index in [1.54, 1.807) is 13.8 Å². The number of likely N-dealkylation sites (tertiary alicyclic amines) is 1. The van der Waals surface area contributed by atoms with Crippen LogP contribution >= 0.6 is 0 Å². The zero-order valence-corrected chi connectivity index (χ0v) is 11.5. The Labute approximate surface area is 113 Å². The fourth-order valence-electron chi connectivity index (χ4n) is 3.06. The van der Waals surface area contributed by atoms with Crippen molar-refractivity contribution in [3.63, 3.8) is 0 Å². The summed E-state index contributed by atoms with van der Waals surface area (Å²) in [4.78, 5) is 13.6. The van der Waals surface area contributed by atoms with Gasteiger partial charge in [0.1, 0.15) is 5.82 Å². The zero-order valence-electron chi connectivity index (χ0n) is 11.5. The van der Waals surface area contributed by atoms with Gasteiger partial charge >= 0.3 is 0 Å². The van der Waals surface area contributed by atoms with Crippen LogP contribution in [-0.4, -0.2) is 29.9 Å². The van der Waals surface area contributed by atoms with Crippen LogP contribution in [-0.2, 0) is 4.79 Å². The first-order chi connectivity index (χ1) is 9.04. The van der Waals surface area contributed by atoms with E-state index < -0.39 is 0 Å². The number of benzene rings is 1. The predicted octanol–water partition coefficient (Wildman–Crippen LogP) is 2.19. The number of rotatable bonds is 3. The van der Waals surface area contributed by atoms with Gasteiger partial charge < -0.3 is 10.6 Å². The number of carbonyl (C=O) groups excluding carboxylic acids is 1. The summed E-state index contributed by atoms with van der Waals surface area (Å²) in [5.41, 5.74) is 7.44. The molecule has 0 spiro atoms. The van der Waals surface area contributed by atoms with Crippen molar-refractivity contribution in [1.82, 2.24) is 4.90 Å². The summed E-state index contributed by atoms with van der Waals surface area (Å²) in [6.07, 6.45) is 1.72. The molecule has 1 aliphatic heterocycles. The second kappa shape index (κ2) is 5.70. The fourth-order valence-corrected chi connectivity index (χ4v) is 3.06. The number of amides is 1. The molecular formula is C15H21FN2O. The van der Waals surface area contributed by atoms with Crippen LogP contribution in [0.4, 0.5) is 4.39 Å². The Balaban J connectivity index is 2.27. The molecule has 2 N–H and O–H groups in total. The third kappa shape index (κ3) is 2.78. The normalized spacial score (nSPS) is 22.8. The summed E-state index contributed by atoms with van der Waals surface area (Å²) in [5, 5.41) is 0. The maximum Gasteiger partial charge on any atom is 0.219 e. The monoisotopic (exact) mass is 264 g/mol. The Hall–Kier alpha value is -1.42. The van der Waals surface area contributed by atoms with Gasteiger partial charge in [-0.05, 0) is 43.5 Å². The molecule has 0 bridgehead atoms. The molecule has 1 aliphatic rings. The average molecular weight is 264 g/mol. The number of carbonyl (C=O) groups is 1. The zero-order chi connectivity index (χ0) is 14.0. The Kier molecular flexibility index (Phi) is 4.20. The lowest BCUT2D eigenvalue weighted by molar-refractivity contribution is -0.129. The van der Waals surface area contributed by atoms with Gasteiger partial charge in [-0.2, -0.15) is 0 Å². The van der Waals surface area contributed by atoms with Crippen LogP contribution in [0.2, 0.25) is 0 Å². The lowest BCUT2D eigenvalue weighted by atomic mass is 9.89. The van der Waals surface area contributed by atoms with Crippen molar-refractivity contribution in [2.75, 3.05) is 13.1 Å². The van der Waals surface area contributed by atoms with Crippen molar-refractivity contribution in [1.29, 1.82) is 0 Å². The Bertz CT molecular complexity index is 475. The van der Waals surface area contributed by atoms with Crippen LogP contribution in [0.5, 0.6) is 0 Å². The third-order valence-corrected chi connectivity index (χ3v) is 4.02. The molecule has 1 amide bonds. The van der Waals surface area contributed by atoms with Gasteiger partial charge in [0.15, 0.2) is 0 Å². The minimum absolute atomic E-state index is 0.0970. The van der Waals surface area contributed by atoms with Crippen molar-refractivity contribution in [3.8, 4) is 0 Å². The van der Waals surface area contributed by atoms with Crippen molar-refractivity contribution in [2.24, 2.45) is 5.73 Å². The summed E-state index contributed by atoms with van der Waals surface area (Å²) < 4.78 is 13.4. The number of nitrogens with two attached hydrogens (primary N) is 1. The van der Waals surface area contributed by atoms with Crippen LogP contribution in [0, 0.1) is 12.7 Å². The highest BCUT2D eigenvalue weighted by Crippen LogP contribution is 2.35. The SMILES string of the molecule is CC(=O)N1CCC(c2ccc(F)c(C)c2)C1CCN. The summed E-state index contributed by atoms with van der Waals surface area (Å²) in [7, 11) is 0. The van der Waals surface area contributed by atoms with E-state index in [1.807, 2.05) is 17.0 Å². The van der Waals surface area contributed by atoms with Crippen LogP contribution in [0.3, 0.4) is 0 Å². The van der Waals surface area contributed by atoms with Crippen molar-refractivity contribution in [2.45, 2.75) is 38.6 Å². The molecule has 0 aromatic heterocycles. The first-order valence-electron chi connectivity index (χ1n) is 6.78. The van der Waals surface area contributed by atoms with Crippen molar-refractivity contribution in [3.05, 3.63) is 35.1 Å². The minimum atomic E-state index is -0.180. The summed E-state index contributed by atoms with van der Waals surface area (Å²) in [6.45, 7) is 4.70. The number of aryl methyl sites for hydroxylation is 1. The van der Waals surface area contributed by atoms with E-state index in [0.717, 1.165) is 24.9 Å². The second-order valence-corrected chi connectivity index (χ2v) is 5.26. The van der Waals surface area contributed by atoms with Gasteiger partial charge in [0.05, 0.1) is 0 Å². The highest BCUT2D eigenvalue weighted by molar-refractivity contribution is 5.74. The van der Waals surface area contributed by atoms with Crippen molar-refractivity contribution >= 4 is 5.91 Å². The molecule has 1 heterocycles. The van der Waals surface area contributed by atoms with Crippen LogP contribution in [0.1, 0.15) is 36.8 Å². The number of hydrogen-bond donors (Lipinski definition) is 1. The van der Waals surface area contributed by atoms with Gasteiger partial charge in [0.25, 0.3) is 0 Å². The molecule has 0 aliphatic carbocycles. The first-order valence-corrected chi connectivity index (χ1v) is 6.78. The highest BCUT2D eigenvalue weighted by Gasteiger charge is 2.35. The molecular weight excluding hydrogens is 243 g/mol. The first kappa shape index (κ1) is 14.0. The van der Waals surface area contributed by atoms with Gasteiger partial charge in [-0.25, -0.2) is 4.39 Å². The van der Waals surface area contributed by atoms with E-state index in [-0.39, 0.29) is 23.7 Å². The number of nitrogens with zero attached hydrogens (tertiary/aromatic N) is 1. The summed E-state index contributed by atoms with van der Waals surface area (Å²) in [5.74, 6) is 0.187. The van der Waals surface area contributed by atoms with E-state index in [0.29, 0.717) is 12.1 Å². The van der Waals surface area contributed by atoms with E-state index in [2.05, 4.69) is 0 Å². The topological polar surface area (TPSA) is 46.3 Å². The molecule has 1 fully saturated rings. The lowest BCUT2D eigenvalue weighted by Crippen LogP contribution is -2.37. The molecule has 1 aromatic carbocycles. The van der Waals surface area contributed by atoms with Crippen LogP contribution in [0.15, 0.2) is 18.2 Å². The summed E-state index contributed by atoms with van der Waals surface area (Å²) >= 11 is 0. The number of halogens is 1. The maximum atomic E-state index is 13.4. The molecule has 4 heteroatoms. The van der Waals surface area contributed by atoms with E-state index in [1.165, 1.54) is 6.07 Å². The second-order valence-electron chi connectivity index (χ2n) is 5.26. The number of hydrogen-bond acceptors (Lipinski definition) is 2. The predicted molar refractivity (Wildman–Crippen MR) is 73.3 cm³/mol. The molecule has 0 saturated carbocycles. The van der Waals surface area contributed by atoms with Crippen molar-refractivity contribution < 1.29 is 9.18 Å². The molecule has 2 rings (SSSR count).